The third kappa shape index (κ3) is 6.63. The maximum atomic E-state index is 2.41. The van der Waals surface area contributed by atoms with Gasteiger partial charge >= 0.3 is 0 Å². The standard InChI is InChI=1S/C66H43N/c1-3-16-48(17-4-1)65-63-23-12-11-22-60(63)62-40-33-50(43-64(62)66(65)49-18-5-2-6-19-49)44-28-34-52(35-29-44)67(54-38-41-58-51(42-54)27-26-45-14-7-9-20-55(45)58)53-36-30-47(31-37-53)57-24-13-25-59-56-21-10-8-15-46(56)32-39-61(57)59/h1-43H. The van der Waals surface area contributed by atoms with Gasteiger partial charge in [-0.3, -0.25) is 0 Å². The van der Waals surface area contributed by atoms with Crippen LogP contribution in [0, 0.1) is 0 Å². The molecule has 0 atom stereocenters. The van der Waals surface area contributed by atoms with Gasteiger partial charge in [-0.1, -0.05) is 218 Å². The zero-order chi connectivity index (χ0) is 44.3. The maximum Gasteiger partial charge on any atom is 0.0468 e. The van der Waals surface area contributed by atoms with E-state index in [0.29, 0.717) is 0 Å². The Morgan fingerprint density at radius 1 is 0.194 bits per heavy atom. The second-order valence-corrected chi connectivity index (χ2v) is 17.6. The molecule has 0 radical (unpaired) electrons. The summed E-state index contributed by atoms with van der Waals surface area (Å²) in [5.74, 6) is 0. The van der Waals surface area contributed by atoms with Crippen LogP contribution < -0.4 is 4.90 Å². The SMILES string of the molecule is c1ccc(-c2c(-c3ccccc3)c3cc(-c4ccc(N(c5ccc(-c6cccc7c6ccc6ccccc67)cc5)c5ccc6c(ccc7ccccc76)c5)cc4)ccc3c3ccccc23)cc1. The quantitative estimate of drug-likeness (QED) is 0.144. The number of fused-ring (bicyclic) bond motifs is 9. The van der Waals surface area contributed by atoms with Gasteiger partial charge in [-0.15, -0.1) is 0 Å². The third-order valence-electron chi connectivity index (χ3n) is 13.8. The van der Waals surface area contributed by atoms with E-state index in [1.54, 1.807) is 0 Å². The van der Waals surface area contributed by atoms with Crippen molar-refractivity contribution in [2.24, 2.45) is 0 Å². The number of anilines is 3. The average Bonchev–Trinajstić information content (AvgIpc) is 3.41. The van der Waals surface area contributed by atoms with Crippen LogP contribution in [-0.4, -0.2) is 0 Å². The van der Waals surface area contributed by atoms with Crippen LogP contribution in [0.2, 0.25) is 0 Å². The summed E-state index contributed by atoms with van der Waals surface area (Å²) in [6.07, 6.45) is 0. The van der Waals surface area contributed by atoms with Crippen LogP contribution >= 0.6 is 0 Å². The first-order valence-corrected chi connectivity index (χ1v) is 23.2. The molecule has 0 heterocycles. The second-order valence-electron chi connectivity index (χ2n) is 17.6. The lowest BCUT2D eigenvalue weighted by atomic mass is 9.84. The Labute approximate surface area is 390 Å². The highest BCUT2D eigenvalue weighted by atomic mass is 15.1. The predicted molar refractivity (Wildman–Crippen MR) is 288 cm³/mol. The summed E-state index contributed by atoms with van der Waals surface area (Å²) in [6, 6.07) is 95.8. The van der Waals surface area contributed by atoms with Crippen molar-refractivity contribution in [2.75, 3.05) is 4.90 Å². The largest absolute Gasteiger partial charge is 0.310 e. The molecule has 0 saturated heterocycles. The van der Waals surface area contributed by atoms with E-state index in [1.807, 2.05) is 0 Å². The molecule has 13 aromatic carbocycles. The molecule has 0 aliphatic carbocycles. The molecule has 0 N–H and O–H groups in total. The maximum absolute atomic E-state index is 2.41. The van der Waals surface area contributed by atoms with E-state index in [2.05, 4.69) is 266 Å². The highest BCUT2D eigenvalue weighted by molar-refractivity contribution is 6.22. The van der Waals surface area contributed by atoms with Crippen molar-refractivity contribution in [3.63, 3.8) is 0 Å². The number of hydrogen-bond acceptors (Lipinski definition) is 1. The third-order valence-corrected chi connectivity index (χ3v) is 13.8. The normalized spacial score (nSPS) is 11.6. The highest BCUT2D eigenvalue weighted by Crippen LogP contribution is 2.46. The van der Waals surface area contributed by atoms with E-state index in [9.17, 15) is 0 Å². The summed E-state index contributed by atoms with van der Waals surface area (Å²) in [7, 11) is 0. The van der Waals surface area contributed by atoms with Crippen molar-refractivity contribution >= 4 is 81.7 Å². The van der Waals surface area contributed by atoms with Crippen molar-refractivity contribution in [3.8, 4) is 44.5 Å². The van der Waals surface area contributed by atoms with Gasteiger partial charge in [0, 0.05) is 17.1 Å². The van der Waals surface area contributed by atoms with E-state index >= 15 is 0 Å². The van der Waals surface area contributed by atoms with Crippen LogP contribution in [0.4, 0.5) is 17.1 Å². The summed E-state index contributed by atoms with van der Waals surface area (Å²) >= 11 is 0. The fraction of sp³-hybridized carbons (Fsp3) is 0. The Morgan fingerprint density at radius 2 is 0.627 bits per heavy atom. The summed E-state index contributed by atoms with van der Waals surface area (Å²) < 4.78 is 0. The molecule has 0 unspecified atom stereocenters. The molecule has 312 valence electrons. The van der Waals surface area contributed by atoms with Crippen LogP contribution in [0.25, 0.3) is 109 Å². The van der Waals surface area contributed by atoms with Gasteiger partial charge in [-0.05, 0) is 152 Å². The molecule has 0 bridgehead atoms. The van der Waals surface area contributed by atoms with Gasteiger partial charge in [-0.2, -0.15) is 0 Å². The summed E-state index contributed by atoms with van der Waals surface area (Å²) in [4.78, 5) is 2.39. The van der Waals surface area contributed by atoms with Gasteiger partial charge in [0.1, 0.15) is 0 Å². The monoisotopic (exact) mass is 849 g/mol. The molecule has 0 spiro atoms. The Balaban J connectivity index is 0.944. The van der Waals surface area contributed by atoms with Gasteiger partial charge in [0.15, 0.2) is 0 Å². The Bertz CT molecular complexity index is 4000. The molecule has 1 heteroatoms. The first-order valence-electron chi connectivity index (χ1n) is 23.2. The molecule has 13 rings (SSSR count). The molecule has 0 aliphatic rings. The molecule has 0 amide bonds. The summed E-state index contributed by atoms with van der Waals surface area (Å²) in [5.41, 5.74) is 13.0. The number of nitrogens with zero attached hydrogens (tertiary/aromatic N) is 1. The molecular weight excluding hydrogens is 807 g/mol. The summed E-state index contributed by atoms with van der Waals surface area (Å²) in [6.45, 7) is 0. The second kappa shape index (κ2) is 16.0. The van der Waals surface area contributed by atoms with Crippen LogP contribution in [0.15, 0.2) is 261 Å². The summed E-state index contributed by atoms with van der Waals surface area (Å²) in [5, 5.41) is 15.1. The van der Waals surface area contributed by atoms with E-state index in [1.165, 1.54) is 109 Å². The zero-order valence-corrected chi connectivity index (χ0v) is 36.8. The van der Waals surface area contributed by atoms with Crippen LogP contribution in [0.1, 0.15) is 0 Å². The Kier molecular flexibility index (Phi) is 9.25. The predicted octanol–water partition coefficient (Wildman–Crippen LogP) is 18.7. The van der Waals surface area contributed by atoms with Crippen LogP contribution in [-0.2, 0) is 0 Å². The first kappa shape index (κ1) is 38.7. The van der Waals surface area contributed by atoms with Gasteiger partial charge in [0.2, 0.25) is 0 Å². The Morgan fingerprint density at radius 3 is 1.31 bits per heavy atom. The van der Waals surface area contributed by atoms with Gasteiger partial charge in [0.25, 0.3) is 0 Å². The van der Waals surface area contributed by atoms with Crippen molar-refractivity contribution in [1.29, 1.82) is 0 Å². The van der Waals surface area contributed by atoms with Crippen molar-refractivity contribution < 1.29 is 0 Å². The first-order chi connectivity index (χ1) is 33.2. The van der Waals surface area contributed by atoms with E-state index in [0.717, 1.165) is 17.1 Å². The van der Waals surface area contributed by atoms with E-state index in [-0.39, 0.29) is 0 Å². The minimum absolute atomic E-state index is 1.09. The number of rotatable bonds is 7. The minimum Gasteiger partial charge on any atom is -0.310 e. The lowest BCUT2D eigenvalue weighted by Gasteiger charge is -2.26. The number of benzene rings is 13. The fourth-order valence-corrected chi connectivity index (χ4v) is 10.7. The fourth-order valence-electron chi connectivity index (χ4n) is 10.7. The van der Waals surface area contributed by atoms with Crippen molar-refractivity contribution in [2.45, 2.75) is 0 Å². The molecule has 0 saturated carbocycles. The molecule has 67 heavy (non-hydrogen) atoms. The average molecular weight is 850 g/mol. The minimum atomic E-state index is 1.09. The van der Waals surface area contributed by atoms with Gasteiger partial charge < -0.3 is 4.90 Å². The molecule has 0 aromatic heterocycles. The lowest BCUT2D eigenvalue weighted by molar-refractivity contribution is 1.29. The van der Waals surface area contributed by atoms with Crippen LogP contribution in [0.5, 0.6) is 0 Å². The Hall–Kier alpha value is -8.78. The molecule has 1 nitrogen and oxygen atoms in total. The lowest BCUT2D eigenvalue weighted by Crippen LogP contribution is -2.09. The zero-order valence-electron chi connectivity index (χ0n) is 36.8. The van der Waals surface area contributed by atoms with E-state index < -0.39 is 0 Å². The van der Waals surface area contributed by atoms with Gasteiger partial charge in [0.05, 0.1) is 0 Å². The van der Waals surface area contributed by atoms with Crippen molar-refractivity contribution in [1.82, 2.24) is 0 Å². The number of hydrogen-bond donors (Lipinski definition) is 0. The van der Waals surface area contributed by atoms with Crippen molar-refractivity contribution in [3.05, 3.63) is 261 Å². The topological polar surface area (TPSA) is 3.24 Å². The highest BCUT2D eigenvalue weighted by Gasteiger charge is 2.19. The molecule has 0 fully saturated rings. The molecule has 13 aromatic rings. The smallest absolute Gasteiger partial charge is 0.0468 e. The van der Waals surface area contributed by atoms with E-state index in [4.69, 9.17) is 0 Å². The molecule has 0 aliphatic heterocycles. The molecular formula is C66H43N. The van der Waals surface area contributed by atoms with Gasteiger partial charge in [-0.25, -0.2) is 0 Å². The van der Waals surface area contributed by atoms with Crippen LogP contribution in [0.3, 0.4) is 0 Å².